The summed E-state index contributed by atoms with van der Waals surface area (Å²) in [6.07, 6.45) is 2.17. The maximum Gasteiger partial charge on any atom is 0.242 e. The van der Waals surface area contributed by atoms with Gasteiger partial charge in [0.05, 0.1) is 0 Å². The van der Waals surface area contributed by atoms with Crippen LogP contribution in [0.4, 0.5) is 0 Å². The Balaban J connectivity index is 1.94. The molecule has 4 nitrogen and oxygen atoms in total. The maximum atomic E-state index is 5.58. The van der Waals surface area contributed by atoms with Gasteiger partial charge in [0, 0.05) is 6.42 Å². The van der Waals surface area contributed by atoms with Crippen LogP contribution in [-0.2, 0) is 6.42 Å². The second-order valence-corrected chi connectivity index (χ2v) is 3.45. The number of hydrogen-bond acceptors (Lipinski definition) is 3. The van der Waals surface area contributed by atoms with Gasteiger partial charge in [0.2, 0.25) is 5.28 Å². The molecule has 1 fully saturated rings. The molecule has 0 bridgehead atoms. The molecule has 0 saturated carbocycles. The fourth-order valence-corrected chi connectivity index (χ4v) is 1.67. The lowest BCUT2D eigenvalue weighted by Crippen LogP contribution is -2.11. The molecular formula is C7H11ClN4. The third kappa shape index (κ3) is 1.76. The molecule has 2 heterocycles. The minimum Gasteiger partial charge on any atom is -0.316 e. The van der Waals surface area contributed by atoms with E-state index in [0.717, 1.165) is 25.3 Å². The number of nitrogens with one attached hydrogen (secondary N) is 2. The molecule has 0 amide bonds. The molecule has 0 radical (unpaired) electrons. The Hall–Kier alpha value is -0.610. The van der Waals surface area contributed by atoms with E-state index in [-0.39, 0.29) is 0 Å². The summed E-state index contributed by atoms with van der Waals surface area (Å²) in [5.41, 5.74) is 0. The van der Waals surface area contributed by atoms with Crippen LogP contribution < -0.4 is 5.32 Å². The van der Waals surface area contributed by atoms with Crippen LogP contribution in [0.15, 0.2) is 0 Å². The van der Waals surface area contributed by atoms with Crippen molar-refractivity contribution in [3.05, 3.63) is 11.1 Å². The van der Waals surface area contributed by atoms with Crippen LogP contribution in [0.3, 0.4) is 0 Å². The second-order valence-electron chi connectivity index (χ2n) is 3.11. The Morgan fingerprint density at radius 1 is 1.58 bits per heavy atom. The molecule has 2 rings (SSSR count). The normalized spacial score (nSPS) is 23.2. The predicted octanol–water partition coefficient (Wildman–Crippen LogP) is 0.610. The lowest BCUT2D eigenvalue weighted by Gasteiger charge is -2.02. The van der Waals surface area contributed by atoms with E-state index in [1.54, 1.807) is 0 Å². The predicted molar refractivity (Wildman–Crippen MR) is 46.1 cm³/mol. The van der Waals surface area contributed by atoms with Gasteiger partial charge < -0.3 is 5.32 Å². The van der Waals surface area contributed by atoms with Crippen molar-refractivity contribution in [2.45, 2.75) is 12.8 Å². The smallest absolute Gasteiger partial charge is 0.242 e. The van der Waals surface area contributed by atoms with E-state index in [1.165, 1.54) is 6.42 Å². The third-order valence-corrected chi connectivity index (χ3v) is 2.32. The summed E-state index contributed by atoms with van der Waals surface area (Å²) in [7, 11) is 0. The Morgan fingerprint density at radius 3 is 3.08 bits per heavy atom. The number of H-pyrrole nitrogens is 1. The van der Waals surface area contributed by atoms with Crippen molar-refractivity contribution in [2.75, 3.05) is 13.1 Å². The summed E-state index contributed by atoms with van der Waals surface area (Å²) in [5, 5.41) is 10.2. The lowest BCUT2D eigenvalue weighted by atomic mass is 10.1. The van der Waals surface area contributed by atoms with E-state index in [9.17, 15) is 0 Å². The molecule has 66 valence electrons. The van der Waals surface area contributed by atoms with Gasteiger partial charge in [-0.15, -0.1) is 5.10 Å². The standard InChI is InChI=1S/C7H11ClN4/c8-7-10-6(11-12-7)3-5-1-2-9-4-5/h5,9H,1-4H2,(H,10,11,12). The Kier molecular flexibility index (Phi) is 2.28. The molecule has 12 heavy (non-hydrogen) atoms. The number of hydrogen-bond donors (Lipinski definition) is 2. The van der Waals surface area contributed by atoms with Crippen molar-refractivity contribution in [3.8, 4) is 0 Å². The van der Waals surface area contributed by atoms with Gasteiger partial charge in [-0.1, -0.05) is 0 Å². The zero-order chi connectivity index (χ0) is 8.39. The summed E-state index contributed by atoms with van der Waals surface area (Å²) < 4.78 is 0. The zero-order valence-electron chi connectivity index (χ0n) is 6.68. The summed E-state index contributed by atoms with van der Waals surface area (Å²) in [6, 6.07) is 0. The molecule has 1 saturated heterocycles. The van der Waals surface area contributed by atoms with Crippen LogP contribution in [-0.4, -0.2) is 28.3 Å². The Morgan fingerprint density at radius 2 is 2.50 bits per heavy atom. The van der Waals surface area contributed by atoms with Gasteiger partial charge in [0.25, 0.3) is 0 Å². The summed E-state index contributed by atoms with van der Waals surface area (Å²) in [5.74, 6) is 1.59. The first-order valence-electron chi connectivity index (χ1n) is 4.12. The van der Waals surface area contributed by atoms with Crippen LogP contribution >= 0.6 is 11.6 Å². The maximum absolute atomic E-state index is 5.58. The van der Waals surface area contributed by atoms with E-state index < -0.39 is 0 Å². The van der Waals surface area contributed by atoms with Crippen LogP contribution in [0.2, 0.25) is 5.28 Å². The van der Waals surface area contributed by atoms with Gasteiger partial charge in [-0.3, -0.25) is 5.10 Å². The van der Waals surface area contributed by atoms with Gasteiger partial charge in [0.15, 0.2) is 0 Å². The van der Waals surface area contributed by atoms with E-state index >= 15 is 0 Å². The first-order valence-corrected chi connectivity index (χ1v) is 4.50. The highest BCUT2D eigenvalue weighted by Gasteiger charge is 2.16. The monoisotopic (exact) mass is 186 g/mol. The highest BCUT2D eigenvalue weighted by molar-refractivity contribution is 6.28. The number of rotatable bonds is 2. The van der Waals surface area contributed by atoms with E-state index in [1.807, 2.05) is 0 Å². The van der Waals surface area contributed by atoms with Crippen molar-refractivity contribution in [3.63, 3.8) is 0 Å². The molecule has 1 aliphatic rings. The van der Waals surface area contributed by atoms with Gasteiger partial charge in [-0.25, -0.2) is 4.98 Å². The summed E-state index contributed by atoms with van der Waals surface area (Å²) >= 11 is 5.58. The molecule has 0 aromatic carbocycles. The van der Waals surface area contributed by atoms with Crippen molar-refractivity contribution >= 4 is 11.6 Å². The van der Waals surface area contributed by atoms with E-state index in [2.05, 4.69) is 20.5 Å². The first kappa shape index (κ1) is 8.01. The minimum atomic E-state index is 0.316. The highest BCUT2D eigenvalue weighted by Crippen LogP contribution is 2.12. The fraction of sp³-hybridized carbons (Fsp3) is 0.714. The molecule has 5 heteroatoms. The topological polar surface area (TPSA) is 53.6 Å². The van der Waals surface area contributed by atoms with E-state index in [0.29, 0.717) is 11.2 Å². The van der Waals surface area contributed by atoms with Crippen LogP contribution in [0.5, 0.6) is 0 Å². The highest BCUT2D eigenvalue weighted by atomic mass is 35.5. The van der Waals surface area contributed by atoms with Crippen LogP contribution in [0, 0.1) is 5.92 Å². The SMILES string of the molecule is Clc1n[nH]c(CC2CCNC2)n1. The number of nitrogens with zero attached hydrogens (tertiary/aromatic N) is 2. The molecule has 1 atom stereocenters. The third-order valence-electron chi connectivity index (χ3n) is 2.15. The molecule has 1 aromatic heterocycles. The molecule has 1 unspecified atom stereocenters. The Bertz CT molecular complexity index is 254. The van der Waals surface area contributed by atoms with Crippen molar-refractivity contribution in [2.24, 2.45) is 5.92 Å². The zero-order valence-corrected chi connectivity index (χ0v) is 7.43. The molecule has 0 spiro atoms. The lowest BCUT2D eigenvalue weighted by molar-refractivity contribution is 0.563. The molecule has 1 aliphatic heterocycles. The van der Waals surface area contributed by atoms with E-state index in [4.69, 9.17) is 11.6 Å². The fourth-order valence-electron chi connectivity index (χ4n) is 1.53. The van der Waals surface area contributed by atoms with Crippen molar-refractivity contribution < 1.29 is 0 Å². The average molecular weight is 187 g/mol. The molecule has 0 aliphatic carbocycles. The largest absolute Gasteiger partial charge is 0.316 e. The van der Waals surface area contributed by atoms with Gasteiger partial charge in [-0.2, -0.15) is 0 Å². The quantitative estimate of drug-likeness (QED) is 0.712. The Labute approximate surface area is 75.7 Å². The number of halogens is 1. The minimum absolute atomic E-state index is 0.316. The van der Waals surface area contributed by atoms with Crippen LogP contribution in [0.1, 0.15) is 12.2 Å². The summed E-state index contributed by atoms with van der Waals surface area (Å²) in [6.45, 7) is 2.20. The van der Waals surface area contributed by atoms with Gasteiger partial charge >= 0.3 is 0 Å². The molecule has 1 aromatic rings. The average Bonchev–Trinajstić information content (AvgIpc) is 2.63. The van der Waals surface area contributed by atoms with Gasteiger partial charge in [0.1, 0.15) is 5.82 Å². The molecule has 2 N–H and O–H groups in total. The number of aromatic nitrogens is 3. The van der Waals surface area contributed by atoms with Crippen molar-refractivity contribution in [1.29, 1.82) is 0 Å². The van der Waals surface area contributed by atoms with Crippen LogP contribution in [0.25, 0.3) is 0 Å². The number of aromatic amines is 1. The van der Waals surface area contributed by atoms with Crippen molar-refractivity contribution in [1.82, 2.24) is 20.5 Å². The molecular weight excluding hydrogens is 176 g/mol. The summed E-state index contributed by atoms with van der Waals surface area (Å²) in [4.78, 5) is 4.05. The van der Waals surface area contributed by atoms with Gasteiger partial charge in [-0.05, 0) is 37.0 Å². The first-order chi connectivity index (χ1) is 5.84. The second kappa shape index (κ2) is 3.41.